The van der Waals surface area contributed by atoms with E-state index in [1.807, 2.05) is 48.5 Å². The molecule has 8 rings (SSSR count). The van der Waals surface area contributed by atoms with E-state index >= 15 is 9.59 Å². The fourth-order valence-corrected chi connectivity index (χ4v) is 9.92. The fraction of sp³-hybridized carbons (Fsp3) is 0.169. The van der Waals surface area contributed by atoms with Crippen molar-refractivity contribution in [2.75, 3.05) is 55.9 Å². The minimum Gasteiger partial charge on any atom is -0.477 e. The first-order chi connectivity index (χ1) is 37.7. The third kappa shape index (κ3) is 9.76. The van der Waals surface area contributed by atoms with Crippen LogP contribution in [0.1, 0.15) is 46.2 Å². The monoisotopic (exact) mass is 1010 g/mol. The second kappa shape index (κ2) is 23.8. The number of terminal acetylenes is 8. The van der Waals surface area contributed by atoms with E-state index in [1.165, 1.54) is 0 Å². The molecule has 12 nitrogen and oxygen atoms in total. The van der Waals surface area contributed by atoms with Gasteiger partial charge in [0, 0.05) is 35.6 Å². The number of carbonyl (C=O) groups is 2. The maximum absolute atomic E-state index is 15.9. The Bertz CT molecular complexity index is 3530. The van der Waals surface area contributed by atoms with Gasteiger partial charge in [-0.15, -0.1) is 32.1 Å². The summed E-state index contributed by atoms with van der Waals surface area (Å²) >= 11 is 0. The van der Waals surface area contributed by atoms with Gasteiger partial charge >= 0.3 is 0 Å². The van der Waals surface area contributed by atoms with Crippen LogP contribution in [0, 0.1) is 99.3 Å². The molecule has 0 bridgehead atoms. The number of benzene rings is 6. The molecule has 12 heteroatoms. The topological polar surface area (TPSA) is 114 Å². The second-order valence-corrected chi connectivity index (χ2v) is 16.9. The maximum Gasteiger partial charge on any atom is 0.246 e. The van der Waals surface area contributed by atoms with Crippen LogP contribution in [0.4, 0.5) is 11.4 Å². The summed E-state index contributed by atoms with van der Waals surface area (Å²) < 4.78 is 46.2. The molecule has 2 aliphatic heterocycles. The van der Waals surface area contributed by atoms with Crippen molar-refractivity contribution >= 4 is 23.2 Å². The number of rotatable bonds is 22. The zero-order valence-corrected chi connectivity index (χ0v) is 41.5. The van der Waals surface area contributed by atoms with Gasteiger partial charge in [-0.1, -0.05) is 110 Å². The molecule has 0 fully saturated rings. The molecule has 2 aliphatic rings. The Morgan fingerprint density at radius 3 is 0.961 bits per heavy atom. The minimum absolute atomic E-state index is 0.0504. The third-order valence-electron chi connectivity index (χ3n) is 12.9. The van der Waals surface area contributed by atoms with Crippen molar-refractivity contribution < 1.29 is 47.5 Å². The first-order valence-electron chi connectivity index (χ1n) is 23.8. The van der Waals surface area contributed by atoms with E-state index in [1.54, 1.807) is 82.6 Å². The number of unbranched alkanes of at least 4 members (excludes halogenated alkanes) is 1. The average molecular weight is 1020 g/mol. The molecule has 0 radical (unpaired) electrons. The van der Waals surface area contributed by atoms with Crippen LogP contribution in [-0.4, -0.2) is 57.9 Å². The summed E-state index contributed by atoms with van der Waals surface area (Å²) in [5, 5.41) is 0. The zero-order valence-electron chi connectivity index (χ0n) is 41.5. The third-order valence-corrected chi connectivity index (χ3v) is 12.9. The van der Waals surface area contributed by atoms with E-state index in [2.05, 4.69) is 47.9 Å². The van der Waals surface area contributed by atoms with E-state index in [0.29, 0.717) is 63.3 Å². The molecular weight excluding hydrogens is 969 g/mol. The Morgan fingerprint density at radius 1 is 0.364 bits per heavy atom. The van der Waals surface area contributed by atoms with Gasteiger partial charge in [-0.25, -0.2) is 0 Å². The Morgan fingerprint density at radius 2 is 0.649 bits per heavy atom. The predicted molar refractivity (Wildman–Crippen MR) is 292 cm³/mol. The van der Waals surface area contributed by atoms with Gasteiger partial charge in [0.05, 0.1) is 0 Å². The molecule has 1 atom stereocenters. The molecule has 376 valence electrons. The lowest BCUT2D eigenvalue weighted by atomic mass is 9.70. The molecule has 0 aliphatic carbocycles. The van der Waals surface area contributed by atoms with Crippen molar-refractivity contribution in [1.82, 2.24) is 0 Å². The smallest absolute Gasteiger partial charge is 0.246 e. The van der Waals surface area contributed by atoms with Crippen LogP contribution in [0.5, 0.6) is 46.0 Å². The fourth-order valence-electron chi connectivity index (χ4n) is 9.92. The van der Waals surface area contributed by atoms with Crippen LogP contribution in [0.15, 0.2) is 121 Å². The van der Waals surface area contributed by atoms with E-state index in [4.69, 9.17) is 89.3 Å². The highest BCUT2D eigenvalue weighted by molar-refractivity contribution is 6.14. The van der Waals surface area contributed by atoms with Gasteiger partial charge in [-0.05, 0) is 95.8 Å². The Labute approximate surface area is 448 Å². The van der Waals surface area contributed by atoms with Gasteiger partial charge in [0.25, 0.3) is 0 Å². The van der Waals surface area contributed by atoms with Crippen LogP contribution in [0.2, 0.25) is 0 Å². The number of carbonyl (C=O) groups excluding carboxylic acids is 2. The van der Waals surface area contributed by atoms with E-state index in [9.17, 15) is 0 Å². The molecule has 0 saturated carbocycles. The van der Waals surface area contributed by atoms with Crippen LogP contribution in [-0.2, 0) is 20.4 Å². The number of fused-ring (bicyclic) bond motifs is 2. The largest absolute Gasteiger partial charge is 0.477 e. The lowest BCUT2D eigenvalue weighted by Gasteiger charge is -2.32. The highest BCUT2D eigenvalue weighted by atomic mass is 16.5. The molecule has 6 aromatic rings. The van der Waals surface area contributed by atoms with Gasteiger partial charge in [-0.3, -0.25) is 9.59 Å². The summed E-state index contributed by atoms with van der Waals surface area (Å²) in [5.74, 6) is 13.5. The van der Waals surface area contributed by atoms with Crippen molar-refractivity contribution in [3.8, 4) is 145 Å². The number of hydrogen-bond donors (Lipinski definition) is 0. The Balaban J connectivity index is 1.19. The SMILES string of the molecule is C#CCOc1ccc(C2(c3ccc(OCC#C)c(OC#C)c3)C(=O)N(CCCCN3C(=O)C(c4ccc(OCC#C)c(OC#C)c4)(c4ccc(OCC#C)c(OCC#C)c4)c4ccccc43)c3ccccc32)cc1OC#C. The van der Waals surface area contributed by atoms with Crippen molar-refractivity contribution in [1.29, 1.82) is 0 Å². The van der Waals surface area contributed by atoms with Crippen LogP contribution in [0.3, 0.4) is 0 Å². The minimum atomic E-state index is -1.55. The van der Waals surface area contributed by atoms with Gasteiger partial charge in [0.1, 0.15) is 62.2 Å². The van der Waals surface area contributed by atoms with E-state index in [0.717, 1.165) is 0 Å². The number of amides is 2. The van der Waals surface area contributed by atoms with Crippen molar-refractivity contribution in [2.24, 2.45) is 0 Å². The lowest BCUT2D eigenvalue weighted by Crippen LogP contribution is -2.43. The van der Waals surface area contributed by atoms with Crippen LogP contribution >= 0.6 is 0 Å². The molecule has 6 aromatic carbocycles. The molecule has 2 amide bonds. The summed E-state index contributed by atoms with van der Waals surface area (Å²) in [6.07, 6.45) is 52.3. The first-order valence-corrected chi connectivity index (χ1v) is 23.8. The number of para-hydroxylation sites is 2. The van der Waals surface area contributed by atoms with Gasteiger partial charge in [-0.2, -0.15) is 0 Å². The van der Waals surface area contributed by atoms with Crippen molar-refractivity contribution in [3.63, 3.8) is 0 Å². The van der Waals surface area contributed by atoms with Crippen molar-refractivity contribution in [3.05, 3.63) is 155 Å². The maximum atomic E-state index is 15.9. The van der Waals surface area contributed by atoms with Gasteiger partial charge in [0.2, 0.25) is 11.8 Å². The molecule has 0 spiro atoms. The first kappa shape index (κ1) is 52.5. The molecule has 0 saturated heterocycles. The summed E-state index contributed by atoms with van der Waals surface area (Å²) in [7, 11) is 0. The van der Waals surface area contributed by atoms with Gasteiger partial charge in [0.15, 0.2) is 46.0 Å². The zero-order chi connectivity index (χ0) is 54.4. The quantitative estimate of drug-likeness (QED) is 0.0485. The molecule has 1 unspecified atom stereocenters. The highest BCUT2D eigenvalue weighted by Crippen LogP contribution is 2.55. The van der Waals surface area contributed by atoms with Crippen molar-refractivity contribution in [2.45, 2.75) is 23.7 Å². The molecule has 2 heterocycles. The van der Waals surface area contributed by atoms with E-state index < -0.39 is 10.8 Å². The van der Waals surface area contributed by atoms with E-state index in [-0.39, 0.29) is 98.2 Å². The predicted octanol–water partition coefficient (Wildman–Crippen LogP) is 8.50. The average Bonchev–Trinajstić information content (AvgIpc) is 3.97. The normalized spacial score (nSPS) is 14.2. The summed E-state index contributed by atoms with van der Waals surface area (Å²) in [4.78, 5) is 35.2. The lowest BCUT2D eigenvalue weighted by molar-refractivity contribution is -0.121. The Kier molecular flexibility index (Phi) is 16.2. The molecule has 0 N–H and O–H groups in total. The number of nitrogens with zero attached hydrogens (tertiary/aromatic N) is 2. The summed E-state index contributed by atoms with van der Waals surface area (Å²) in [6.45, 7) is 0.0959. The number of hydrogen-bond acceptors (Lipinski definition) is 10. The molecular formula is C65H46N2O10. The molecule has 0 aromatic heterocycles. The number of ether oxygens (including phenoxy) is 8. The van der Waals surface area contributed by atoms with Crippen LogP contribution in [0.25, 0.3) is 0 Å². The molecule has 77 heavy (non-hydrogen) atoms. The summed E-state index contributed by atoms with van der Waals surface area (Å²) in [5.41, 5.74) is 1.42. The highest BCUT2D eigenvalue weighted by Gasteiger charge is 2.55. The number of anilines is 2. The second-order valence-electron chi connectivity index (χ2n) is 16.9. The van der Waals surface area contributed by atoms with Gasteiger partial charge < -0.3 is 47.7 Å². The standard InChI is InChI=1S/C65H46N2O10/c1-9-37-73-54-31-27-46(42-58(54)70-14-6)64(47-28-32-55(74-38-10-2)59(43-47)71-15-7)50-23-17-19-25-52(50)66(62(64)68)35-21-22-36-67-53-26-20-18-24-51(53)65(63(67)69,48-29-33-56(75-39-11-3)60(44-48)72-16-8)49-30-34-57(76-40-12-4)61(45-49)77-41-13-5/h1-8,17-20,23-34,42-45H,21-22,35-41H2. The van der Waals surface area contributed by atoms with Crippen LogP contribution < -0.4 is 47.7 Å². The Hall–Kier alpha value is -10.9. The summed E-state index contributed by atoms with van der Waals surface area (Å²) in [6, 6.07) is 35.3.